The Kier molecular flexibility index (Phi) is 7.76. The molecule has 0 fully saturated rings. The fraction of sp³-hybridized carbons (Fsp3) is 0.500. The molecular formula is C14H19BFIN4O4S. The highest BCUT2D eigenvalue weighted by atomic mass is 127. The van der Waals surface area contributed by atoms with E-state index >= 15 is 0 Å². The number of hydrogen-bond donors (Lipinski definition) is 1. The molecule has 0 saturated heterocycles. The average Bonchev–Trinajstić information content (AvgIpc) is 2.92. The van der Waals surface area contributed by atoms with Crippen molar-refractivity contribution in [2.24, 2.45) is 0 Å². The Hall–Kier alpha value is -1.28. The first-order valence-corrected chi connectivity index (χ1v) is 10.1. The zero-order valence-electron chi connectivity index (χ0n) is 14.6. The van der Waals surface area contributed by atoms with Gasteiger partial charge in [-0.3, -0.25) is 10.1 Å². The molecular weight excluding hydrogens is 477 g/mol. The zero-order valence-corrected chi connectivity index (χ0v) is 17.5. The number of nitrogens with zero attached hydrogens (tertiary/aromatic N) is 3. The number of nitro groups is 1. The third-order valence-electron chi connectivity index (χ3n) is 3.64. The third-order valence-corrected chi connectivity index (χ3v) is 6.21. The van der Waals surface area contributed by atoms with Gasteiger partial charge >= 0.3 is 15.6 Å². The minimum Gasteiger partial charge on any atom is -0.472 e. The smallest absolute Gasteiger partial charge is 0.434 e. The predicted molar refractivity (Wildman–Crippen MR) is 109 cm³/mol. The van der Waals surface area contributed by atoms with Crippen LogP contribution in [0.2, 0.25) is 0 Å². The summed E-state index contributed by atoms with van der Waals surface area (Å²) >= 11 is 3.78. The summed E-state index contributed by atoms with van der Waals surface area (Å²) in [4.78, 5) is 10.9. The summed E-state index contributed by atoms with van der Waals surface area (Å²) in [7, 11) is 1.63. The lowest BCUT2D eigenvalue weighted by Crippen LogP contribution is -2.28. The maximum absolute atomic E-state index is 13.6. The van der Waals surface area contributed by atoms with Gasteiger partial charge in [-0.05, 0) is 32.1 Å². The predicted octanol–water partition coefficient (Wildman–Crippen LogP) is 3.31. The fourth-order valence-electron chi connectivity index (χ4n) is 2.34. The number of dihydropyridines is 1. The fourth-order valence-corrected chi connectivity index (χ4v) is 3.71. The van der Waals surface area contributed by atoms with Crippen molar-refractivity contribution in [2.75, 3.05) is 19.5 Å². The van der Waals surface area contributed by atoms with Gasteiger partial charge in [0.15, 0.2) is 0 Å². The van der Waals surface area contributed by atoms with Crippen LogP contribution >= 0.6 is 34.0 Å². The maximum atomic E-state index is 13.6. The van der Waals surface area contributed by atoms with Gasteiger partial charge in [0.1, 0.15) is 11.5 Å². The summed E-state index contributed by atoms with van der Waals surface area (Å²) < 4.78 is 25.7. The molecule has 0 radical (unpaired) electrons. The lowest BCUT2D eigenvalue weighted by Gasteiger charge is -2.20. The standard InChI is InChI=1S/C14H19BFIN4O4S/c1-9-12(7-11(16)8-18-9)20-10(2)13(21(22)23)14(19-20)25-5-4-6-26-15(17)24-3/h7-9,18H,4-6H2,1-3H3. The van der Waals surface area contributed by atoms with Crippen LogP contribution < -0.4 is 10.1 Å². The van der Waals surface area contributed by atoms with Crippen LogP contribution in [0.1, 0.15) is 19.0 Å². The number of allylic oxidation sites excluding steroid dienone is 2. The molecule has 142 valence electrons. The zero-order chi connectivity index (χ0) is 19.3. The SMILES string of the molecule is COB(I)SCCCOc1nn(C2=CC(F)=CNC2C)c(C)c1[N+](=O)[O-]. The van der Waals surface area contributed by atoms with Crippen molar-refractivity contribution in [3.8, 4) is 5.88 Å². The summed E-state index contributed by atoms with van der Waals surface area (Å²) in [6.07, 6.45) is 3.24. The molecule has 26 heavy (non-hydrogen) atoms. The third kappa shape index (κ3) is 5.13. The van der Waals surface area contributed by atoms with Crippen molar-refractivity contribution in [1.29, 1.82) is 0 Å². The number of hydrogen-bond acceptors (Lipinski definition) is 7. The van der Waals surface area contributed by atoms with E-state index in [4.69, 9.17) is 9.39 Å². The van der Waals surface area contributed by atoms with Crippen LogP contribution in [0, 0.1) is 17.0 Å². The van der Waals surface area contributed by atoms with Crippen LogP contribution in [0.5, 0.6) is 5.88 Å². The highest BCUT2D eigenvalue weighted by Gasteiger charge is 2.30. The van der Waals surface area contributed by atoms with Crippen molar-refractivity contribution in [1.82, 2.24) is 15.1 Å². The normalized spacial score (nSPS) is 16.6. The van der Waals surface area contributed by atoms with Crippen molar-refractivity contribution in [3.05, 3.63) is 33.9 Å². The maximum Gasteiger partial charge on any atom is 0.434 e. The average molecular weight is 496 g/mol. The molecule has 1 unspecified atom stereocenters. The van der Waals surface area contributed by atoms with Gasteiger partial charge in [-0.1, -0.05) is 22.4 Å². The quantitative estimate of drug-likeness (QED) is 0.185. The van der Waals surface area contributed by atoms with E-state index in [1.54, 1.807) is 25.6 Å². The first-order valence-electron chi connectivity index (χ1n) is 7.84. The Morgan fingerprint density at radius 1 is 1.62 bits per heavy atom. The molecule has 1 aromatic rings. The summed E-state index contributed by atoms with van der Waals surface area (Å²) in [5, 5.41) is 18.5. The molecule has 1 N–H and O–H groups in total. The topological polar surface area (TPSA) is 91.5 Å². The molecule has 0 saturated carbocycles. The monoisotopic (exact) mass is 496 g/mol. The van der Waals surface area contributed by atoms with Crippen molar-refractivity contribution in [2.45, 2.75) is 26.3 Å². The van der Waals surface area contributed by atoms with Crippen LogP contribution in [0.15, 0.2) is 18.1 Å². The largest absolute Gasteiger partial charge is 0.472 e. The highest BCUT2D eigenvalue weighted by Crippen LogP contribution is 2.33. The van der Waals surface area contributed by atoms with Gasteiger partial charge in [-0.15, -0.1) is 5.10 Å². The molecule has 1 atom stereocenters. The van der Waals surface area contributed by atoms with Gasteiger partial charge < -0.3 is 14.7 Å². The van der Waals surface area contributed by atoms with E-state index in [9.17, 15) is 14.5 Å². The van der Waals surface area contributed by atoms with E-state index in [2.05, 4.69) is 32.8 Å². The van der Waals surface area contributed by atoms with E-state index in [1.165, 1.54) is 17.0 Å². The second kappa shape index (κ2) is 9.60. The van der Waals surface area contributed by atoms with Gasteiger partial charge in [0.25, 0.3) is 0 Å². The molecule has 0 aliphatic carbocycles. The minimum absolute atomic E-state index is 0.0542. The Morgan fingerprint density at radius 3 is 3.00 bits per heavy atom. The highest BCUT2D eigenvalue weighted by molar-refractivity contribution is 14.1. The Balaban J connectivity index is 2.14. The van der Waals surface area contributed by atoms with Gasteiger partial charge in [-0.2, -0.15) is 11.6 Å². The van der Waals surface area contributed by atoms with E-state index in [0.29, 0.717) is 24.4 Å². The molecule has 1 aromatic heterocycles. The minimum atomic E-state index is -0.525. The Labute approximate surface area is 168 Å². The molecule has 8 nitrogen and oxygen atoms in total. The second-order valence-electron chi connectivity index (χ2n) is 5.48. The van der Waals surface area contributed by atoms with Crippen LogP contribution in [0.4, 0.5) is 10.1 Å². The van der Waals surface area contributed by atoms with Crippen molar-refractivity contribution in [3.63, 3.8) is 0 Å². The van der Waals surface area contributed by atoms with Gasteiger partial charge in [0.05, 0.1) is 23.3 Å². The van der Waals surface area contributed by atoms with E-state index in [-0.39, 0.29) is 21.7 Å². The summed E-state index contributed by atoms with van der Waals surface area (Å²) in [5.41, 5.74) is 0.564. The number of halogens is 2. The van der Waals surface area contributed by atoms with Crippen molar-refractivity contribution < 1.29 is 18.7 Å². The number of aromatic nitrogens is 2. The molecule has 12 heteroatoms. The van der Waals surface area contributed by atoms with Crippen LogP contribution in [-0.2, 0) is 4.65 Å². The lowest BCUT2D eigenvalue weighted by molar-refractivity contribution is -0.386. The number of rotatable bonds is 9. The van der Waals surface area contributed by atoms with E-state index in [0.717, 1.165) is 5.75 Å². The molecule has 1 aliphatic heterocycles. The Morgan fingerprint density at radius 2 is 2.35 bits per heavy atom. The Bertz CT molecular complexity index is 730. The summed E-state index contributed by atoms with van der Waals surface area (Å²) in [6, 6.07) is -0.244. The van der Waals surface area contributed by atoms with E-state index < -0.39 is 10.8 Å². The molecule has 1 aliphatic rings. The lowest BCUT2D eigenvalue weighted by atomic mass is 10.2. The van der Waals surface area contributed by atoms with Gasteiger partial charge in [0.2, 0.25) is 0 Å². The van der Waals surface area contributed by atoms with Crippen molar-refractivity contribution >= 4 is 49.4 Å². The molecule has 0 amide bonds. The first-order chi connectivity index (χ1) is 12.3. The second-order valence-corrected chi connectivity index (χ2v) is 8.62. The van der Waals surface area contributed by atoms with Crippen LogP contribution in [-0.4, -0.2) is 44.3 Å². The number of nitrogens with one attached hydrogen (secondary N) is 1. The summed E-state index contributed by atoms with van der Waals surface area (Å²) in [5.74, 6) is 0.261. The van der Waals surface area contributed by atoms with Crippen LogP contribution in [0.25, 0.3) is 5.70 Å². The van der Waals surface area contributed by atoms with Crippen LogP contribution in [0.3, 0.4) is 0 Å². The molecule has 0 spiro atoms. The van der Waals surface area contributed by atoms with E-state index in [1.807, 2.05) is 6.92 Å². The molecule has 0 aromatic carbocycles. The molecule has 2 heterocycles. The molecule has 0 bridgehead atoms. The summed E-state index contributed by atoms with van der Waals surface area (Å²) in [6.45, 7) is 3.67. The number of ether oxygens (including phenoxy) is 1. The first kappa shape index (κ1) is 21.0. The van der Waals surface area contributed by atoms with Gasteiger partial charge in [-0.25, -0.2) is 9.07 Å². The van der Waals surface area contributed by atoms with Gasteiger partial charge in [0, 0.05) is 13.3 Å². The molecule has 2 rings (SSSR count).